The minimum absolute atomic E-state index is 0.295. The minimum Gasteiger partial charge on any atom is -0.507 e. The highest BCUT2D eigenvalue weighted by molar-refractivity contribution is 6.09. The molecule has 0 spiro atoms. The Kier molecular flexibility index (Phi) is 3.13. The first-order valence-corrected chi connectivity index (χ1v) is 7.65. The van der Waals surface area contributed by atoms with Gasteiger partial charge in [0.2, 0.25) is 0 Å². The van der Waals surface area contributed by atoms with Crippen molar-refractivity contribution in [3.63, 3.8) is 0 Å². The molecule has 0 heterocycles. The molecule has 1 nitrogen and oxygen atoms in total. The Morgan fingerprint density at radius 3 is 1.87 bits per heavy atom. The molecule has 4 aromatic carbocycles. The lowest BCUT2D eigenvalue weighted by atomic mass is 9.89. The number of hydrogen-bond donors (Lipinski definition) is 1. The zero-order chi connectivity index (χ0) is 15.8. The van der Waals surface area contributed by atoms with Gasteiger partial charge in [0.15, 0.2) is 0 Å². The van der Waals surface area contributed by atoms with E-state index in [2.05, 4.69) is 43.0 Å². The third-order valence-corrected chi connectivity index (χ3v) is 4.34. The number of phenols is 1. The predicted octanol–water partition coefficient (Wildman–Crippen LogP) is 6.01. The second-order valence-electron chi connectivity index (χ2n) is 5.64. The Morgan fingerprint density at radius 1 is 0.652 bits per heavy atom. The molecule has 0 aliphatic carbocycles. The lowest BCUT2D eigenvalue weighted by Crippen LogP contribution is -1.89. The van der Waals surface area contributed by atoms with Crippen molar-refractivity contribution in [1.29, 1.82) is 0 Å². The molecule has 0 saturated heterocycles. The topological polar surface area (TPSA) is 20.2 Å². The second kappa shape index (κ2) is 5.29. The molecule has 1 heteroatoms. The zero-order valence-electron chi connectivity index (χ0n) is 12.7. The molecule has 0 saturated carbocycles. The van der Waals surface area contributed by atoms with Gasteiger partial charge in [0.25, 0.3) is 0 Å². The first-order valence-electron chi connectivity index (χ1n) is 7.65. The highest BCUT2D eigenvalue weighted by Gasteiger charge is 2.15. The van der Waals surface area contributed by atoms with Gasteiger partial charge in [0.05, 0.1) is 0 Å². The molecule has 4 rings (SSSR count). The summed E-state index contributed by atoms with van der Waals surface area (Å²) in [7, 11) is 0. The summed E-state index contributed by atoms with van der Waals surface area (Å²) < 4.78 is 0. The molecule has 0 radical (unpaired) electrons. The summed E-state index contributed by atoms with van der Waals surface area (Å²) in [6.07, 6.45) is 1.85. The summed E-state index contributed by atoms with van der Waals surface area (Å²) in [5, 5.41) is 15.0. The number of fused-ring (bicyclic) bond motifs is 2. The van der Waals surface area contributed by atoms with E-state index in [4.69, 9.17) is 0 Å². The SMILES string of the molecule is C=Cc1ccc2ccccc2c1-c1c(O)ccc2ccccc12. The van der Waals surface area contributed by atoms with Crippen LogP contribution in [0.5, 0.6) is 5.75 Å². The van der Waals surface area contributed by atoms with Gasteiger partial charge in [-0.15, -0.1) is 0 Å². The van der Waals surface area contributed by atoms with E-state index in [-0.39, 0.29) is 0 Å². The van der Waals surface area contributed by atoms with E-state index >= 15 is 0 Å². The number of phenolic OH excluding ortho intramolecular Hbond substituents is 1. The maximum atomic E-state index is 10.6. The monoisotopic (exact) mass is 296 g/mol. The Bertz CT molecular complexity index is 1040. The van der Waals surface area contributed by atoms with Crippen molar-refractivity contribution in [3.05, 3.63) is 84.9 Å². The van der Waals surface area contributed by atoms with Crippen LogP contribution in [0.3, 0.4) is 0 Å². The maximum absolute atomic E-state index is 10.6. The van der Waals surface area contributed by atoms with Crippen molar-refractivity contribution in [2.75, 3.05) is 0 Å². The largest absolute Gasteiger partial charge is 0.507 e. The van der Waals surface area contributed by atoms with Gasteiger partial charge in [-0.3, -0.25) is 0 Å². The molecule has 4 aromatic rings. The molecule has 110 valence electrons. The molecule has 0 aromatic heterocycles. The number of rotatable bonds is 2. The lowest BCUT2D eigenvalue weighted by molar-refractivity contribution is 0.478. The van der Waals surface area contributed by atoms with Crippen LogP contribution in [0.2, 0.25) is 0 Å². The van der Waals surface area contributed by atoms with Gasteiger partial charge in [-0.2, -0.15) is 0 Å². The van der Waals surface area contributed by atoms with E-state index in [0.717, 1.165) is 38.2 Å². The third-order valence-electron chi connectivity index (χ3n) is 4.34. The molecule has 0 bridgehead atoms. The van der Waals surface area contributed by atoms with Gasteiger partial charge in [-0.1, -0.05) is 79.4 Å². The van der Waals surface area contributed by atoms with E-state index in [1.165, 1.54) is 0 Å². The lowest BCUT2D eigenvalue weighted by Gasteiger charge is -2.15. The van der Waals surface area contributed by atoms with Crippen LogP contribution >= 0.6 is 0 Å². The molecular weight excluding hydrogens is 280 g/mol. The van der Waals surface area contributed by atoms with Gasteiger partial charge in [-0.25, -0.2) is 0 Å². The van der Waals surface area contributed by atoms with Crippen LogP contribution in [0.25, 0.3) is 38.7 Å². The van der Waals surface area contributed by atoms with E-state index in [1.807, 2.05) is 36.4 Å². The molecule has 23 heavy (non-hydrogen) atoms. The molecule has 0 unspecified atom stereocenters. The number of hydrogen-bond acceptors (Lipinski definition) is 1. The van der Waals surface area contributed by atoms with Crippen LogP contribution in [0.15, 0.2) is 79.4 Å². The summed E-state index contributed by atoms with van der Waals surface area (Å²) in [5.74, 6) is 0.295. The fourth-order valence-corrected chi connectivity index (χ4v) is 3.26. The summed E-state index contributed by atoms with van der Waals surface area (Å²) in [5.41, 5.74) is 2.93. The first kappa shape index (κ1) is 13.6. The third kappa shape index (κ3) is 2.09. The Morgan fingerprint density at radius 2 is 1.22 bits per heavy atom. The molecule has 0 fully saturated rings. The summed E-state index contributed by atoms with van der Waals surface area (Å²) >= 11 is 0. The summed E-state index contributed by atoms with van der Waals surface area (Å²) in [6, 6.07) is 24.3. The normalized spacial score (nSPS) is 11.0. The predicted molar refractivity (Wildman–Crippen MR) is 98.6 cm³/mol. The van der Waals surface area contributed by atoms with Crippen molar-refractivity contribution in [2.45, 2.75) is 0 Å². The van der Waals surface area contributed by atoms with E-state index in [0.29, 0.717) is 5.75 Å². The quantitative estimate of drug-likeness (QED) is 0.480. The highest BCUT2D eigenvalue weighted by atomic mass is 16.3. The van der Waals surface area contributed by atoms with Gasteiger partial charge >= 0.3 is 0 Å². The minimum atomic E-state index is 0.295. The van der Waals surface area contributed by atoms with E-state index < -0.39 is 0 Å². The van der Waals surface area contributed by atoms with Crippen molar-refractivity contribution in [3.8, 4) is 16.9 Å². The molecule has 0 aliphatic rings. The van der Waals surface area contributed by atoms with Crippen LogP contribution in [0.4, 0.5) is 0 Å². The molecule has 1 N–H and O–H groups in total. The van der Waals surface area contributed by atoms with Crippen LogP contribution in [0, 0.1) is 0 Å². The Hall–Kier alpha value is -3.06. The fraction of sp³-hybridized carbons (Fsp3) is 0. The Balaban J connectivity index is 2.23. The van der Waals surface area contributed by atoms with Crippen LogP contribution in [0.1, 0.15) is 5.56 Å². The van der Waals surface area contributed by atoms with Crippen molar-refractivity contribution >= 4 is 27.6 Å². The first-order chi connectivity index (χ1) is 11.3. The van der Waals surface area contributed by atoms with Crippen LogP contribution in [-0.4, -0.2) is 5.11 Å². The molecule has 0 atom stereocenters. The second-order valence-corrected chi connectivity index (χ2v) is 5.64. The Labute approximate surface area is 135 Å². The fourth-order valence-electron chi connectivity index (χ4n) is 3.26. The zero-order valence-corrected chi connectivity index (χ0v) is 12.7. The summed E-state index contributed by atoms with van der Waals surface area (Å²) in [4.78, 5) is 0. The maximum Gasteiger partial charge on any atom is 0.124 e. The average Bonchev–Trinajstić information content (AvgIpc) is 2.61. The average molecular weight is 296 g/mol. The van der Waals surface area contributed by atoms with Gasteiger partial charge in [-0.05, 0) is 33.2 Å². The van der Waals surface area contributed by atoms with Gasteiger partial charge in [0, 0.05) is 11.1 Å². The number of benzene rings is 4. The van der Waals surface area contributed by atoms with Crippen LogP contribution in [-0.2, 0) is 0 Å². The highest BCUT2D eigenvalue weighted by Crippen LogP contribution is 2.42. The van der Waals surface area contributed by atoms with Gasteiger partial charge in [0.1, 0.15) is 5.75 Å². The molecule has 0 aliphatic heterocycles. The van der Waals surface area contributed by atoms with Crippen molar-refractivity contribution in [2.24, 2.45) is 0 Å². The smallest absolute Gasteiger partial charge is 0.124 e. The van der Waals surface area contributed by atoms with E-state index in [9.17, 15) is 5.11 Å². The van der Waals surface area contributed by atoms with Crippen molar-refractivity contribution in [1.82, 2.24) is 0 Å². The van der Waals surface area contributed by atoms with Gasteiger partial charge < -0.3 is 5.11 Å². The molecule has 0 amide bonds. The number of aromatic hydroxyl groups is 1. The van der Waals surface area contributed by atoms with E-state index in [1.54, 1.807) is 6.07 Å². The summed E-state index contributed by atoms with van der Waals surface area (Å²) in [6.45, 7) is 3.95. The molecular formula is C22H16O. The van der Waals surface area contributed by atoms with Crippen LogP contribution < -0.4 is 0 Å². The standard InChI is InChI=1S/C22H16O/c1-2-15-11-12-16-7-3-5-9-18(16)21(15)22-19-10-6-4-8-17(19)13-14-20(22)23/h2-14,23H,1H2. The van der Waals surface area contributed by atoms with Crippen molar-refractivity contribution < 1.29 is 5.11 Å².